The number of carbonyl (C=O) groups is 2. The second-order valence-corrected chi connectivity index (χ2v) is 5.60. The molecule has 130 valence electrons. The number of carbonyl (C=O) groups excluding carboxylic acids is 2. The van der Waals surface area contributed by atoms with Crippen LogP contribution in [0.2, 0.25) is 5.02 Å². The molecule has 0 bridgehead atoms. The van der Waals surface area contributed by atoms with Gasteiger partial charge in [-0.15, -0.1) is 0 Å². The number of halogens is 1. The summed E-state index contributed by atoms with van der Waals surface area (Å²) in [7, 11) is 1.56. The van der Waals surface area contributed by atoms with Crippen molar-refractivity contribution in [3.63, 3.8) is 0 Å². The summed E-state index contributed by atoms with van der Waals surface area (Å²) in [4.78, 5) is 24.3. The van der Waals surface area contributed by atoms with Gasteiger partial charge >= 0.3 is 0 Å². The highest BCUT2D eigenvalue weighted by atomic mass is 35.5. The normalized spacial score (nSPS) is 10.6. The van der Waals surface area contributed by atoms with E-state index in [1.54, 1.807) is 49.6 Å². The molecule has 0 fully saturated rings. The largest absolute Gasteiger partial charge is 0.383 e. The van der Waals surface area contributed by atoms with Gasteiger partial charge < -0.3 is 15.4 Å². The Bertz CT molecular complexity index is 758. The molecule has 2 N–H and O–H groups in total. The fraction of sp³-hybridized carbons (Fsp3) is 0.158. The maximum atomic E-state index is 12.2. The molecule has 0 heterocycles. The Labute approximate surface area is 151 Å². The standard InChI is InChI=1S/C19H19ClN2O3/c1-25-13-12-21-19(24)16-4-2-3-5-17(16)22-18(23)11-8-14-6-9-15(20)10-7-14/h2-11H,12-13H2,1H3,(H,21,24)(H,22,23). The molecule has 2 rings (SSSR count). The fourth-order valence-corrected chi connectivity index (χ4v) is 2.20. The van der Waals surface area contributed by atoms with Crippen LogP contribution in [0, 0.1) is 0 Å². The van der Waals surface area contributed by atoms with E-state index in [2.05, 4.69) is 10.6 Å². The summed E-state index contributed by atoms with van der Waals surface area (Å²) in [6, 6.07) is 13.9. The summed E-state index contributed by atoms with van der Waals surface area (Å²) >= 11 is 5.83. The summed E-state index contributed by atoms with van der Waals surface area (Å²) in [6.07, 6.45) is 3.08. The minimum Gasteiger partial charge on any atom is -0.383 e. The highest BCUT2D eigenvalue weighted by Crippen LogP contribution is 2.15. The zero-order valence-corrected chi connectivity index (χ0v) is 14.5. The first kappa shape index (κ1) is 18.7. The number of para-hydroxylation sites is 1. The van der Waals surface area contributed by atoms with Crippen LogP contribution in [0.15, 0.2) is 54.6 Å². The van der Waals surface area contributed by atoms with E-state index in [4.69, 9.17) is 16.3 Å². The Morgan fingerprint density at radius 3 is 2.56 bits per heavy atom. The van der Waals surface area contributed by atoms with Crippen molar-refractivity contribution >= 4 is 35.2 Å². The van der Waals surface area contributed by atoms with Gasteiger partial charge in [0.25, 0.3) is 5.91 Å². The molecule has 25 heavy (non-hydrogen) atoms. The number of nitrogens with one attached hydrogen (secondary N) is 2. The molecule has 2 aromatic carbocycles. The average Bonchev–Trinajstić information content (AvgIpc) is 2.62. The zero-order chi connectivity index (χ0) is 18.1. The number of methoxy groups -OCH3 is 1. The van der Waals surface area contributed by atoms with Gasteiger partial charge in [0, 0.05) is 24.8 Å². The Balaban J connectivity index is 2.02. The van der Waals surface area contributed by atoms with Gasteiger partial charge in [0.1, 0.15) is 0 Å². The average molecular weight is 359 g/mol. The second-order valence-electron chi connectivity index (χ2n) is 5.17. The van der Waals surface area contributed by atoms with E-state index in [-0.39, 0.29) is 11.8 Å². The van der Waals surface area contributed by atoms with E-state index in [1.165, 1.54) is 6.08 Å². The molecular weight excluding hydrogens is 340 g/mol. The molecule has 6 heteroatoms. The maximum absolute atomic E-state index is 12.2. The zero-order valence-electron chi connectivity index (χ0n) is 13.8. The summed E-state index contributed by atoms with van der Waals surface area (Å²) in [5.41, 5.74) is 1.69. The van der Waals surface area contributed by atoms with Crippen LogP contribution in [0.4, 0.5) is 5.69 Å². The molecule has 5 nitrogen and oxygen atoms in total. The smallest absolute Gasteiger partial charge is 0.253 e. The van der Waals surface area contributed by atoms with Crippen molar-refractivity contribution in [2.75, 3.05) is 25.6 Å². The van der Waals surface area contributed by atoms with E-state index in [9.17, 15) is 9.59 Å². The van der Waals surface area contributed by atoms with Crippen LogP contribution in [0.3, 0.4) is 0 Å². The first-order chi connectivity index (χ1) is 12.1. The molecular formula is C19H19ClN2O3. The number of hydrogen-bond donors (Lipinski definition) is 2. The van der Waals surface area contributed by atoms with Crippen molar-refractivity contribution in [1.82, 2.24) is 5.32 Å². The lowest BCUT2D eigenvalue weighted by Crippen LogP contribution is -2.28. The third-order valence-corrected chi connectivity index (χ3v) is 3.57. The molecule has 0 spiro atoms. The van der Waals surface area contributed by atoms with Crippen LogP contribution >= 0.6 is 11.6 Å². The number of anilines is 1. The van der Waals surface area contributed by atoms with Crippen LogP contribution in [-0.4, -0.2) is 32.1 Å². The topological polar surface area (TPSA) is 67.4 Å². The molecule has 0 saturated heterocycles. The molecule has 0 saturated carbocycles. The highest BCUT2D eigenvalue weighted by Gasteiger charge is 2.11. The third-order valence-electron chi connectivity index (χ3n) is 3.32. The van der Waals surface area contributed by atoms with Crippen molar-refractivity contribution in [3.8, 4) is 0 Å². The summed E-state index contributed by atoms with van der Waals surface area (Å²) in [5, 5.41) is 6.08. The van der Waals surface area contributed by atoms with Gasteiger partial charge in [-0.1, -0.05) is 35.9 Å². The third kappa shape index (κ3) is 6.06. The summed E-state index contributed by atoms with van der Waals surface area (Å²) in [5.74, 6) is -0.596. The Kier molecular flexibility index (Phi) is 7.19. The lowest BCUT2D eigenvalue weighted by molar-refractivity contribution is -0.111. The minimum absolute atomic E-state index is 0.269. The SMILES string of the molecule is COCCNC(=O)c1ccccc1NC(=O)C=Cc1ccc(Cl)cc1. The van der Waals surface area contributed by atoms with Gasteiger partial charge in [-0.3, -0.25) is 9.59 Å². The number of rotatable bonds is 7. The van der Waals surface area contributed by atoms with Gasteiger partial charge in [-0.05, 0) is 35.9 Å². The molecule has 2 amide bonds. The van der Waals surface area contributed by atoms with Crippen molar-refractivity contribution in [2.24, 2.45) is 0 Å². The maximum Gasteiger partial charge on any atom is 0.253 e. The van der Waals surface area contributed by atoms with Gasteiger partial charge in [0.05, 0.1) is 17.9 Å². The lowest BCUT2D eigenvalue weighted by Gasteiger charge is -2.10. The molecule has 0 radical (unpaired) electrons. The van der Waals surface area contributed by atoms with Gasteiger partial charge in [0.2, 0.25) is 5.91 Å². The first-order valence-corrected chi connectivity index (χ1v) is 8.09. The van der Waals surface area contributed by atoms with Gasteiger partial charge in [0.15, 0.2) is 0 Å². The first-order valence-electron chi connectivity index (χ1n) is 7.71. The lowest BCUT2D eigenvalue weighted by atomic mass is 10.1. The molecule has 0 aliphatic heterocycles. The Morgan fingerprint density at radius 2 is 1.84 bits per heavy atom. The molecule has 0 unspecified atom stereocenters. The number of hydrogen-bond acceptors (Lipinski definition) is 3. The highest BCUT2D eigenvalue weighted by molar-refractivity contribution is 6.30. The predicted molar refractivity (Wildman–Crippen MR) is 99.8 cm³/mol. The summed E-state index contributed by atoms with van der Waals surface area (Å²) < 4.78 is 4.90. The number of amides is 2. The molecule has 0 aliphatic rings. The van der Waals surface area contributed by atoms with E-state index in [1.807, 2.05) is 12.1 Å². The monoisotopic (exact) mass is 358 g/mol. The van der Waals surface area contributed by atoms with Gasteiger partial charge in [-0.2, -0.15) is 0 Å². The molecule has 0 aromatic heterocycles. The van der Waals surface area contributed by atoms with Crippen LogP contribution in [0.5, 0.6) is 0 Å². The molecule has 2 aromatic rings. The van der Waals surface area contributed by atoms with Crippen molar-refractivity contribution in [3.05, 3.63) is 70.8 Å². The fourth-order valence-electron chi connectivity index (χ4n) is 2.07. The number of ether oxygens (including phenoxy) is 1. The Hall–Kier alpha value is -2.63. The van der Waals surface area contributed by atoms with Crippen molar-refractivity contribution < 1.29 is 14.3 Å². The number of benzene rings is 2. The quantitative estimate of drug-likeness (QED) is 0.589. The van der Waals surface area contributed by atoms with Crippen LogP contribution in [0.1, 0.15) is 15.9 Å². The van der Waals surface area contributed by atoms with E-state index >= 15 is 0 Å². The van der Waals surface area contributed by atoms with Crippen molar-refractivity contribution in [2.45, 2.75) is 0 Å². The van der Waals surface area contributed by atoms with Crippen LogP contribution in [-0.2, 0) is 9.53 Å². The van der Waals surface area contributed by atoms with Crippen LogP contribution in [0.25, 0.3) is 6.08 Å². The second kappa shape index (κ2) is 9.61. The van der Waals surface area contributed by atoms with Crippen LogP contribution < -0.4 is 10.6 Å². The predicted octanol–water partition coefficient (Wildman–Crippen LogP) is 3.37. The Morgan fingerprint density at radius 1 is 1.12 bits per heavy atom. The van der Waals surface area contributed by atoms with E-state index in [0.717, 1.165) is 5.56 Å². The summed E-state index contributed by atoms with van der Waals surface area (Å²) in [6.45, 7) is 0.818. The van der Waals surface area contributed by atoms with E-state index < -0.39 is 0 Å². The molecule has 0 aliphatic carbocycles. The molecule has 0 atom stereocenters. The van der Waals surface area contributed by atoms with E-state index in [0.29, 0.717) is 29.4 Å². The minimum atomic E-state index is -0.327. The van der Waals surface area contributed by atoms with Gasteiger partial charge in [-0.25, -0.2) is 0 Å². The van der Waals surface area contributed by atoms with Crippen molar-refractivity contribution in [1.29, 1.82) is 0 Å².